The number of aromatic nitrogens is 1. The number of carbonyl (C=O) groups is 1. The first-order chi connectivity index (χ1) is 20.2. The Bertz CT molecular complexity index is 1880. The molecule has 3 aromatic carbocycles. The van der Waals surface area contributed by atoms with Crippen molar-refractivity contribution >= 4 is 58.2 Å². The minimum absolute atomic E-state index is 0.190. The Morgan fingerprint density at radius 3 is 2.50 bits per heavy atom. The molecule has 2 heterocycles. The zero-order valence-corrected chi connectivity index (χ0v) is 25.9. The second-order valence-corrected chi connectivity index (χ2v) is 11.6. The van der Waals surface area contributed by atoms with E-state index in [0.29, 0.717) is 58.3 Å². The summed E-state index contributed by atoms with van der Waals surface area (Å²) in [4.78, 5) is 32.2. The Hall–Kier alpha value is -3.56. The van der Waals surface area contributed by atoms with Gasteiger partial charge in [0.05, 0.1) is 45.6 Å². The van der Waals surface area contributed by atoms with Crippen molar-refractivity contribution in [3.8, 4) is 11.5 Å². The number of methoxy groups -OCH3 is 1. The molecule has 0 bridgehead atoms. The molecule has 0 spiro atoms. The van der Waals surface area contributed by atoms with E-state index in [9.17, 15) is 9.59 Å². The second-order valence-electron chi connectivity index (χ2n) is 9.29. The number of hydrogen-bond donors (Lipinski definition) is 0. The van der Waals surface area contributed by atoms with Crippen molar-refractivity contribution in [3.05, 3.63) is 123 Å². The number of rotatable bonds is 8. The summed E-state index contributed by atoms with van der Waals surface area (Å²) < 4.78 is 18.7. The second kappa shape index (κ2) is 12.8. The molecule has 0 radical (unpaired) electrons. The zero-order chi connectivity index (χ0) is 30.0. The van der Waals surface area contributed by atoms with Gasteiger partial charge in [0.15, 0.2) is 4.80 Å². The highest BCUT2D eigenvalue weighted by Gasteiger charge is 2.33. The van der Waals surface area contributed by atoms with Crippen LogP contribution in [0.15, 0.2) is 81.7 Å². The molecule has 0 aliphatic carbocycles. The summed E-state index contributed by atoms with van der Waals surface area (Å²) in [5.74, 6) is 0.645. The van der Waals surface area contributed by atoms with E-state index in [1.807, 2.05) is 18.2 Å². The van der Waals surface area contributed by atoms with Crippen LogP contribution in [0.5, 0.6) is 11.5 Å². The van der Waals surface area contributed by atoms with Crippen LogP contribution in [0.2, 0.25) is 15.1 Å². The van der Waals surface area contributed by atoms with E-state index in [4.69, 9.17) is 49.0 Å². The summed E-state index contributed by atoms with van der Waals surface area (Å²) in [6.45, 7) is 3.89. The van der Waals surface area contributed by atoms with Gasteiger partial charge in [0.25, 0.3) is 5.56 Å². The van der Waals surface area contributed by atoms with Gasteiger partial charge in [-0.25, -0.2) is 9.79 Å². The fourth-order valence-electron chi connectivity index (χ4n) is 4.59. The van der Waals surface area contributed by atoms with Crippen molar-refractivity contribution in [2.45, 2.75) is 26.5 Å². The van der Waals surface area contributed by atoms with Crippen LogP contribution in [-0.4, -0.2) is 24.3 Å². The summed E-state index contributed by atoms with van der Waals surface area (Å²) in [5.41, 5.74) is 2.62. The molecule has 1 aliphatic rings. The fourth-order valence-corrected chi connectivity index (χ4v) is 6.13. The van der Waals surface area contributed by atoms with E-state index >= 15 is 0 Å². The number of ether oxygens (including phenoxy) is 3. The van der Waals surface area contributed by atoms with Crippen molar-refractivity contribution in [1.29, 1.82) is 0 Å². The van der Waals surface area contributed by atoms with Crippen LogP contribution in [-0.2, 0) is 16.1 Å². The molecule has 0 amide bonds. The third kappa shape index (κ3) is 6.13. The number of benzene rings is 3. The van der Waals surface area contributed by atoms with Crippen molar-refractivity contribution in [3.63, 3.8) is 0 Å². The normalized spacial score (nSPS) is 14.8. The number of nitrogens with zero attached hydrogens (tertiary/aromatic N) is 2. The van der Waals surface area contributed by atoms with Crippen LogP contribution in [0.1, 0.15) is 36.6 Å². The smallest absolute Gasteiger partial charge is 0.338 e. The van der Waals surface area contributed by atoms with Gasteiger partial charge >= 0.3 is 5.97 Å². The monoisotopic (exact) mass is 642 g/mol. The van der Waals surface area contributed by atoms with Gasteiger partial charge in [-0.15, -0.1) is 0 Å². The summed E-state index contributed by atoms with van der Waals surface area (Å²) >= 11 is 19.7. The summed E-state index contributed by atoms with van der Waals surface area (Å²) in [7, 11) is 1.57. The van der Waals surface area contributed by atoms with Gasteiger partial charge in [-0.05, 0) is 73.5 Å². The Labute approximate surface area is 260 Å². The van der Waals surface area contributed by atoms with Gasteiger partial charge in [0, 0.05) is 10.6 Å². The highest BCUT2D eigenvalue weighted by atomic mass is 35.5. The van der Waals surface area contributed by atoms with E-state index < -0.39 is 12.0 Å². The van der Waals surface area contributed by atoms with Gasteiger partial charge < -0.3 is 14.2 Å². The van der Waals surface area contributed by atoms with Crippen LogP contribution in [0.25, 0.3) is 6.08 Å². The number of carbonyl (C=O) groups excluding carboxylic acids is 1. The number of fused-ring (bicyclic) bond motifs is 1. The molecule has 1 atom stereocenters. The van der Waals surface area contributed by atoms with Crippen molar-refractivity contribution in [2.24, 2.45) is 4.99 Å². The molecule has 4 aromatic rings. The van der Waals surface area contributed by atoms with E-state index in [1.54, 1.807) is 69.5 Å². The van der Waals surface area contributed by atoms with Crippen LogP contribution >= 0.6 is 46.1 Å². The summed E-state index contributed by atoms with van der Waals surface area (Å²) in [6, 6.07) is 16.9. The lowest BCUT2D eigenvalue weighted by Crippen LogP contribution is -2.39. The third-order valence-electron chi connectivity index (χ3n) is 6.59. The van der Waals surface area contributed by atoms with Gasteiger partial charge in [0.2, 0.25) is 0 Å². The predicted octanol–water partition coefficient (Wildman–Crippen LogP) is 6.35. The van der Waals surface area contributed by atoms with Crippen molar-refractivity contribution < 1.29 is 19.0 Å². The van der Waals surface area contributed by atoms with Crippen LogP contribution in [0, 0.1) is 0 Å². The largest absolute Gasteiger partial charge is 0.497 e. The third-order valence-corrected chi connectivity index (χ3v) is 8.54. The van der Waals surface area contributed by atoms with Crippen molar-refractivity contribution in [1.82, 2.24) is 4.57 Å². The first-order valence-corrected chi connectivity index (χ1v) is 14.8. The lowest BCUT2D eigenvalue weighted by atomic mass is 9.96. The Kier molecular flexibility index (Phi) is 9.08. The number of halogens is 3. The highest BCUT2D eigenvalue weighted by molar-refractivity contribution is 7.07. The average Bonchev–Trinajstić information content (AvgIpc) is 3.27. The molecular weight excluding hydrogens is 619 g/mol. The Balaban J connectivity index is 1.60. The molecule has 5 rings (SSSR count). The quantitative estimate of drug-likeness (QED) is 0.209. The fraction of sp³-hybridized carbons (Fsp3) is 0.194. The molecule has 11 heteroatoms. The highest BCUT2D eigenvalue weighted by Crippen LogP contribution is 2.32. The zero-order valence-electron chi connectivity index (χ0n) is 22.8. The molecule has 0 N–H and O–H groups in total. The number of esters is 1. The van der Waals surface area contributed by atoms with E-state index in [0.717, 1.165) is 5.56 Å². The van der Waals surface area contributed by atoms with E-state index in [-0.39, 0.29) is 18.8 Å². The van der Waals surface area contributed by atoms with Gasteiger partial charge in [0.1, 0.15) is 18.1 Å². The number of thiazole rings is 1. The van der Waals surface area contributed by atoms with Crippen LogP contribution in [0.4, 0.5) is 0 Å². The molecule has 42 heavy (non-hydrogen) atoms. The Morgan fingerprint density at radius 2 is 1.81 bits per heavy atom. The maximum atomic E-state index is 14.0. The average molecular weight is 644 g/mol. The van der Waals surface area contributed by atoms with E-state index in [2.05, 4.69) is 4.99 Å². The summed E-state index contributed by atoms with van der Waals surface area (Å²) in [5, 5.41) is 1.36. The predicted molar refractivity (Wildman–Crippen MR) is 166 cm³/mol. The summed E-state index contributed by atoms with van der Waals surface area (Å²) in [6.07, 6.45) is 1.72. The Morgan fingerprint density at radius 1 is 1.05 bits per heavy atom. The maximum absolute atomic E-state index is 14.0. The first-order valence-electron chi connectivity index (χ1n) is 12.9. The molecule has 0 unspecified atom stereocenters. The maximum Gasteiger partial charge on any atom is 0.338 e. The van der Waals surface area contributed by atoms with Gasteiger partial charge in [-0.1, -0.05) is 64.3 Å². The molecule has 1 aromatic heterocycles. The molecular formula is C31H25Cl3N2O5S. The molecule has 216 valence electrons. The van der Waals surface area contributed by atoms with Gasteiger partial charge in [-0.3, -0.25) is 9.36 Å². The first kappa shape index (κ1) is 29.9. The lowest BCUT2D eigenvalue weighted by Gasteiger charge is -2.24. The van der Waals surface area contributed by atoms with Crippen LogP contribution < -0.4 is 24.4 Å². The molecule has 0 saturated heterocycles. The van der Waals surface area contributed by atoms with E-state index in [1.165, 1.54) is 15.9 Å². The van der Waals surface area contributed by atoms with Crippen molar-refractivity contribution in [2.75, 3.05) is 13.7 Å². The minimum Gasteiger partial charge on any atom is -0.497 e. The number of allylic oxidation sites excluding steroid dienone is 1. The standard InChI is InChI=1S/C31H25Cl3N2O5S/c1-4-40-30(38)27-17(2)35-31-36(28(27)19-6-9-22(39-3)10-7-19)29(37)26(42-31)15-20-14-21(32)8-12-25(20)41-16-18-5-11-23(33)24(34)13-18/h5-15,28H,4,16H2,1-3H3/b26-15-/t28-/m1/s1. The SMILES string of the molecule is CCOC(=O)C1=C(C)N=c2s/c(=C\c3cc(Cl)ccc3OCc3ccc(Cl)c(Cl)c3)c(=O)n2[C@@H]1c1ccc(OC)cc1. The molecule has 0 fully saturated rings. The lowest BCUT2D eigenvalue weighted by molar-refractivity contribution is -0.139. The molecule has 0 saturated carbocycles. The number of hydrogen-bond acceptors (Lipinski definition) is 7. The molecule has 1 aliphatic heterocycles. The van der Waals surface area contributed by atoms with Gasteiger partial charge in [-0.2, -0.15) is 0 Å². The topological polar surface area (TPSA) is 79.1 Å². The van der Waals surface area contributed by atoms with Crippen LogP contribution in [0.3, 0.4) is 0 Å². The molecule has 7 nitrogen and oxygen atoms in total. The minimum atomic E-state index is -0.738.